The Morgan fingerprint density at radius 3 is 2.91 bits per heavy atom. The highest BCUT2D eigenvalue weighted by Gasteiger charge is 2.22. The number of nitrogens with zero attached hydrogens (tertiary/aromatic N) is 1. The second kappa shape index (κ2) is 7.26. The van der Waals surface area contributed by atoms with Crippen molar-refractivity contribution < 1.29 is 19.1 Å². The van der Waals surface area contributed by atoms with Crippen molar-refractivity contribution in [1.82, 2.24) is 5.43 Å². The van der Waals surface area contributed by atoms with Crippen LogP contribution in [0.15, 0.2) is 23.3 Å². The largest absolute Gasteiger partial charge is 0.480 e. The van der Waals surface area contributed by atoms with Crippen LogP contribution in [0.2, 0.25) is 5.02 Å². The summed E-state index contributed by atoms with van der Waals surface area (Å²) in [5.74, 6) is -0.143. The van der Waals surface area contributed by atoms with Crippen molar-refractivity contribution in [3.63, 3.8) is 0 Å². The van der Waals surface area contributed by atoms with Crippen LogP contribution in [-0.2, 0) is 14.3 Å². The lowest BCUT2D eigenvalue weighted by Crippen LogP contribution is -2.31. The van der Waals surface area contributed by atoms with E-state index in [0.717, 1.165) is 11.3 Å². The van der Waals surface area contributed by atoms with Gasteiger partial charge in [-0.25, -0.2) is 10.2 Å². The van der Waals surface area contributed by atoms with Gasteiger partial charge in [-0.1, -0.05) is 18.5 Å². The summed E-state index contributed by atoms with van der Waals surface area (Å²) >= 11 is 6.17. The highest BCUT2D eigenvalue weighted by atomic mass is 35.5. The highest BCUT2D eigenvalue weighted by Crippen LogP contribution is 2.27. The molecule has 0 fully saturated rings. The molecule has 0 spiro atoms. The maximum atomic E-state index is 11.3. The maximum absolute atomic E-state index is 11.3. The Kier molecular flexibility index (Phi) is 5.38. The van der Waals surface area contributed by atoms with E-state index in [2.05, 4.69) is 10.5 Å². The molecule has 0 aromatic heterocycles. The second-order valence-corrected chi connectivity index (χ2v) is 5.28. The number of hydrogen-bond acceptors (Lipinski definition) is 5. The van der Waals surface area contributed by atoms with Crippen LogP contribution < -0.4 is 10.2 Å². The summed E-state index contributed by atoms with van der Waals surface area (Å²) < 4.78 is 10.1. The average Bonchev–Trinajstić information content (AvgIpc) is 2.46. The van der Waals surface area contributed by atoms with E-state index in [4.69, 9.17) is 21.1 Å². The number of benzene rings is 1. The van der Waals surface area contributed by atoms with E-state index in [9.17, 15) is 9.59 Å². The van der Waals surface area contributed by atoms with Crippen LogP contribution in [0.4, 0.5) is 0 Å². The number of esters is 1. The normalized spacial score (nSPS) is 17.5. The third-order valence-electron chi connectivity index (χ3n) is 3.14. The summed E-state index contributed by atoms with van der Waals surface area (Å²) in [7, 11) is 0. The Labute approximate surface area is 133 Å². The molecule has 1 unspecified atom stereocenters. The molecule has 6 nitrogen and oxygen atoms in total. The predicted molar refractivity (Wildman–Crippen MR) is 82.0 cm³/mol. The summed E-state index contributed by atoms with van der Waals surface area (Å²) in [5, 5.41) is 4.44. The number of rotatable bonds is 5. The topological polar surface area (TPSA) is 77.0 Å². The summed E-state index contributed by atoms with van der Waals surface area (Å²) in [6.45, 7) is 3.76. The molecule has 1 atom stereocenters. The molecule has 1 heterocycles. The number of carbonyl (C=O) groups is 2. The van der Waals surface area contributed by atoms with Gasteiger partial charge >= 0.3 is 5.97 Å². The molecule has 1 aromatic carbocycles. The molecule has 0 radical (unpaired) electrons. The summed E-state index contributed by atoms with van der Waals surface area (Å²) in [6, 6.07) is 5.16. The van der Waals surface area contributed by atoms with Crippen LogP contribution >= 0.6 is 11.6 Å². The fourth-order valence-corrected chi connectivity index (χ4v) is 2.35. The van der Waals surface area contributed by atoms with Crippen LogP contribution in [0.25, 0.3) is 0 Å². The van der Waals surface area contributed by atoms with Gasteiger partial charge in [0.2, 0.25) is 5.91 Å². The Balaban J connectivity index is 2.09. The van der Waals surface area contributed by atoms with Crippen LogP contribution in [0.3, 0.4) is 0 Å². The lowest BCUT2D eigenvalue weighted by atomic mass is 9.94. The van der Waals surface area contributed by atoms with Gasteiger partial charge in [0.1, 0.15) is 5.75 Å². The van der Waals surface area contributed by atoms with Crippen molar-refractivity contribution in [1.29, 1.82) is 0 Å². The molecule has 0 bridgehead atoms. The Hall–Kier alpha value is -2.08. The van der Waals surface area contributed by atoms with E-state index >= 15 is 0 Å². The minimum atomic E-state index is -0.448. The number of ether oxygens (including phenoxy) is 2. The van der Waals surface area contributed by atoms with Crippen LogP contribution in [0.1, 0.15) is 25.8 Å². The first-order chi connectivity index (χ1) is 10.5. The fraction of sp³-hybridized carbons (Fsp3) is 0.400. The zero-order valence-corrected chi connectivity index (χ0v) is 13.1. The number of nitrogens with one attached hydrogen (secondary N) is 1. The zero-order valence-electron chi connectivity index (χ0n) is 12.4. The van der Waals surface area contributed by atoms with Crippen molar-refractivity contribution >= 4 is 29.2 Å². The van der Waals surface area contributed by atoms with Gasteiger partial charge < -0.3 is 9.47 Å². The van der Waals surface area contributed by atoms with Gasteiger partial charge in [-0.05, 0) is 30.7 Å². The zero-order chi connectivity index (χ0) is 16.1. The molecule has 1 aliphatic rings. The lowest BCUT2D eigenvalue weighted by molar-refractivity contribution is -0.145. The van der Waals surface area contributed by atoms with E-state index in [1.807, 2.05) is 6.92 Å². The Morgan fingerprint density at radius 2 is 2.27 bits per heavy atom. The first-order valence-corrected chi connectivity index (χ1v) is 7.33. The van der Waals surface area contributed by atoms with Gasteiger partial charge in [0.25, 0.3) is 0 Å². The van der Waals surface area contributed by atoms with Gasteiger partial charge in [-0.2, -0.15) is 5.10 Å². The van der Waals surface area contributed by atoms with Gasteiger partial charge in [0.05, 0.1) is 17.3 Å². The molecule has 1 amide bonds. The van der Waals surface area contributed by atoms with E-state index in [0.29, 0.717) is 23.8 Å². The molecule has 0 saturated carbocycles. The third kappa shape index (κ3) is 3.98. The molecule has 118 valence electrons. The first-order valence-electron chi connectivity index (χ1n) is 6.96. The third-order valence-corrected chi connectivity index (χ3v) is 3.43. The summed E-state index contributed by atoms with van der Waals surface area (Å²) in [4.78, 5) is 22.5. The van der Waals surface area contributed by atoms with E-state index in [1.54, 1.807) is 25.1 Å². The quantitative estimate of drug-likeness (QED) is 0.842. The minimum absolute atomic E-state index is 0.0103. The molecule has 2 rings (SSSR count). The fourth-order valence-electron chi connectivity index (χ4n) is 2.12. The van der Waals surface area contributed by atoms with Crippen LogP contribution in [0.5, 0.6) is 5.75 Å². The highest BCUT2D eigenvalue weighted by molar-refractivity contribution is 6.32. The van der Waals surface area contributed by atoms with E-state index in [1.165, 1.54) is 0 Å². The van der Waals surface area contributed by atoms with E-state index < -0.39 is 5.97 Å². The van der Waals surface area contributed by atoms with Crippen LogP contribution in [-0.4, -0.2) is 30.8 Å². The second-order valence-electron chi connectivity index (χ2n) is 4.88. The van der Waals surface area contributed by atoms with E-state index in [-0.39, 0.29) is 18.4 Å². The molecule has 0 aliphatic carbocycles. The van der Waals surface area contributed by atoms with Gasteiger partial charge in [-0.3, -0.25) is 4.79 Å². The number of hydrogen-bond donors (Lipinski definition) is 1. The number of halogens is 1. The lowest BCUT2D eigenvalue weighted by Gasteiger charge is -2.19. The van der Waals surface area contributed by atoms with Gasteiger partial charge in [0, 0.05) is 12.3 Å². The smallest absolute Gasteiger partial charge is 0.344 e. The van der Waals surface area contributed by atoms with Crippen molar-refractivity contribution in [3.05, 3.63) is 28.8 Å². The van der Waals surface area contributed by atoms with Gasteiger partial charge in [-0.15, -0.1) is 0 Å². The number of carbonyl (C=O) groups excluding carboxylic acids is 2. The predicted octanol–water partition coefficient (Wildman–Crippen LogP) is 2.14. The molecular formula is C15H17ClN2O4. The summed E-state index contributed by atoms with van der Waals surface area (Å²) in [5.41, 5.74) is 4.03. The molecule has 1 aromatic rings. The Bertz CT molecular complexity index is 616. The molecule has 1 aliphatic heterocycles. The summed E-state index contributed by atoms with van der Waals surface area (Å²) in [6.07, 6.45) is 0.386. The van der Waals surface area contributed by atoms with Crippen molar-refractivity contribution in [2.24, 2.45) is 11.0 Å². The average molecular weight is 325 g/mol. The SMILES string of the molecule is CCOC(=O)COc1ccc(C2=NNC(=O)CC2C)cc1Cl. The van der Waals surface area contributed by atoms with Crippen molar-refractivity contribution in [2.75, 3.05) is 13.2 Å². The first kappa shape index (κ1) is 16.3. The Morgan fingerprint density at radius 1 is 1.50 bits per heavy atom. The van der Waals surface area contributed by atoms with Crippen molar-refractivity contribution in [3.8, 4) is 5.75 Å². The van der Waals surface area contributed by atoms with Crippen LogP contribution in [0, 0.1) is 5.92 Å². The maximum Gasteiger partial charge on any atom is 0.344 e. The molecule has 22 heavy (non-hydrogen) atoms. The number of hydrazone groups is 1. The minimum Gasteiger partial charge on any atom is -0.480 e. The number of amides is 1. The van der Waals surface area contributed by atoms with Crippen molar-refractivity contribution in [2.45, 2.75) is 20.3 Å². The standard InChI is InChI=1S/C15H17ClN2O4/c1-3-21-14(20)8-22-12-5-4-10(7-11(12)16)15-9(2)6-13(19)17-18-15/h4-5,7,9H,3,6,8H2,1-2H3,(H,17,19). The molecule has 1 N–H and O–H groups in total. The van der Waals surface area contributed by atoms with Gasteiger partial charge in [0.15, 0.2) is 6.61 Å². The monoisotopic (exact) mass is 324 g/mol. The molecule has 7 heteroatoms. The molecular weight excluding hydrogens is 308 g/mol. The molecule has 0 saturated heterocycles.